The van der Waals surface area contributed by atoms with Crippen molar-refractivity contribution in [3.8, 4) is 5.75 Å². The average Bonchev–Trinajstić information content (AvgIpc) is 2.83. The van der Waals surface area contributed by atoms with Gasteiger partial charge in [-0.2, -0.15) is 0 Å². The fraction of sp³-hybridized carbons (Fsp3) is 0.167. The largest absolute Gasteiger partial charge is 0.482 e. The molecule has 128 valence electrons. The van der Waals surface area contributed by atoms with Crippen LogP contribution in [0, 0.1) is 13.8 Å². The lowest BCUT2D eigenvalue weighted by atomic mass is 10.1. The van der Waals surface area contributed by atoms with Crippen molar-refractivity contribution in [3.05, 3.63) is 63.7 Å². The molecule has 0 aromatic heterocycles. The number of hydrogen-bond acceptors (Lipinski definition) is 5. The first-order valence-electron chi connectivity index (χ1n) is 7.46. The molecule has 0 saturated carbocycles. The molecule has 3 rings (SSSR count). The summed E-state index contributed by atoms with van der Waals surface area (Å²) in [4.78, 5) is 41.0. The lowest BCUT2D eigenvalue weighted by molar-refractivity contribution is -0.170. The van der Waals surface area contributed by atoms with Crippen LogP contribution in [0.3, 0.4) is 0 Å². The molecule has 2 amide bonds. The van der Waals surface area contributed by atoms with Gasteiger partial charge in [-0.25, -0.2) is 4.79 Å². The number of hydrogen-bond donors (Lipinski definition) is 0. The molecule has 0 saturated heterocycles. The SMILES string of the molecule is Cc1cc(OCC(=O)ON2C(=O)c3ccccc3C2=O)cc(C)c1Cl. The smallest absolute Gasteiger partial charge is 0.370 e. The van der Waals surface area contributed by atoms with Gasteiger partial charge in [0.2, 0.25) is 0 Å². The Balaban J connectivity index is 1.64. The van der Waals surface area contributed by atoms with Crippen LogP contribution >= 0.6 is 11.6 Å². The first-order valence-corrected chi connectivity index (χ1v) is 7.84. The first-order chi connectivity index (χ1) is 11.9. The van der Waals surface area contributed by atoms with Crippen LogP contribution in [-0.2, 0) is 9.63 Å². The second kappa shape index (κ2) is 6.57. The topological polar surface area (TPSA) is 72.9 Å². The monoisotopic (exact) mass is 359 g/mol. The van der Waals surface area contributed by atoms with Crippen LogP contribution in [0.15, 0.2) is 36.4 Å². The predicted molar refractivity (Wildman–Crippen MR) is 89.5 cm³/mol. The van der Waals surface area contributed by atoms with Gasteiger partial charge < -0.3 is 9.57 Å². The van der Waals surface area contributed by atoms with E-state index in [9.17, 15) is 14.4 Å². The van der Waals surface area contributed by atoms with Crippen LogP contribution in [-0.4, -0.2) is 29.5 Å². The summed E-state index contributed by atoms with van der Waals surface area (Å²) in [5, 5.41) is 1.08. The Morgan fingerprint density at radius 2 is 1.56 bits per heavy atom. The number of rotatable bonds is 4. The summed E-state index contributed by atoms with van der Waals surface area (Å²) in [5.41, 5.74) is 2.02. The highest BCUT2D eigenvalue weighted by molar-refractivity contribution is 6.32. The van der Waals surface area contributed by atoms with Crippen LogP contribution in [0.4, 0.5) is 0 Å². The normalized spacial score (nSPS) is 13.0. The van der Waals surface area contributed by atoms with Gasteiger partial charge in [-0.3, -0.25) is 9.59 Å². The number of carbonyl (C=O) groups excluding carboxylic acids is 3. The molecule has 0 atom stereocenters. The molecule has 0 unspecified atom stereocenters. The molecular formula is C18H14ClNO5. The van der Waals surface area contributed by atoms with Gasteiger partial charge >= 0.3 is 5.97 Å². The number of hydroxylamine groups is 2. The van der Waals surface area contributed by atoms with Crippen molar-refractivity contribution in [3.63, 3.8) is 0 Å². The maximum atomic E-state index is 12.1. The number of carbonyl (C=O) groups is 3. The van der Waals surface area contributed by atoms with E-state index in [1.807, 2.05) is 13.8 Å². The van der Waals surface area contributed by atoms with Gasteiger partial charge in [-0.15, -0.1) is 0 Å². The minimum Gasteiger partial charge on any atom is -0.482 e. The maximum Gasteiger partial charge on any atom is 0.370 e. The minimum absolute atomic E-state index is 0.199. The lowest BCUT2D eigenvalue weighted by Gasteiger charge is -2.13. The Morgan fingerprint density at radius 3 is 2.08 bits per heavy atom. The van der Waals surface area contributed by atoms with E-state index in [0.29, 0.717) is 15.8 Å². The molecule has 0 fully saturated rings. The molecule has 7 heteroatoms. The van der Waals surface area contributed by atoms with Gasteiger partial charge in [0.05, 0.1) is 11.1 Å². The number of amides is 2. The number of imide groups is 1. The highest BCUT2D eigenvalue weighted by Gasteiger charge is 2.38. The molecule has 0 radical (unpaired) electrons. The maximum absolute atomic E-state index is 12.1. The van der Waals surface area contributed by atoms with Crippen molar-refractivity contribution in [2.45, 2.75) is 13.8 Å². The van der Waals surface area contributed by atoms with Crippen LogP contribution in [0.25, 0.3) is 0 Å². The van der Waals surface area contributed by atoms with Gasteiger partial charge in [0, 0.05) is 5.02 Å². The summed E-state index contributed by atoms with van der Waals surface area (Å²) < 4.78 is 5.36. The third-order valence-electron chi connectivity index (χ3n) is 3.72. The fourth-order valence-electron chi connectivity index (χ4n) is 2.51. The molecule has 1 heterocycles. The third-order valence-corrected chi connectivity index (χ3v) is 4.31. The van der Waals surface area contributed by atoms with Crippen LogP contribution in [0.1, 0.15) is 31.8 Å². The van der Waals surface area contributed by atoms with E-state index in [2.05, 4.69) is 0 Å². The summed E-state index contributed by atoms with van der Waals surface area (Å²) >= 11 is 6.07. The van der Waals surface area contributed by atoms with E-state index in [4.69, 9.17) is 21.2 Å². The second-order valence-electron chi connectivity index (χ2n) is 5.57. The van der Waals surface area contributed by atoms with E-state index in [1.165, 1.54) is 12.1 Å². The first kappa shape index (κ1) is 17.0. The number of aryl methyl sites for hydroxylation is 2. The number of nitrogens with zero attached hydrogens (tertiary/aromatic N) is 1. The molecule has 6 nitrogen and oxygen atoms in total. The third kappa shape index (κ3) is 3.21. The molecule has 2 aromatic carbocycles. The van der Waals surface area contributed by atoms with Gasteiger partial charge in [-0.05, 0) is 49.2 Å². The number of ether oxygens (including phenoxy) is 1. The van der Waals surface area contributed by atoms with Crippen LogP contribution in [0.2, 0.25) is 5.02 Å². The average molecular weight is 360 g/mol. The van der Waals surface area contributed by atoms with E-state index < -0.39 is 24.4 Å². The Hall–Kier alpha value is -2.86. The Morgan fingerprint density at radius 1 is 1.04 bits per heavy atom. The highest BCUT2D eigenvalue weighted by atomic mass is 35.5. The zero-order valence-corrected chi connectivity index (χ0v) is 14.3. The zero-order valence-electron chi connectivity index (χ0n) is 13.5. The van der Waals surface area contributed by atoms with Crippen LogP contribution in [0.5, 0.6) is 5.75 Å². The summed E-state index contributed by atoms with van der Waals surface area (Å²) in [6, 6.07) is 9.63. The Bertz CT molecular complexity index is 835. The number of benzene rings is 2. The van der Waals surface area contributed by atoms with E-state index in [0.717, 1.165) is 11.1 Å². The molecule has 0 spiro atoms. The van der Waals surface area contributed by atoms with Gasteiger partial charge in [0.25, 0.3) is 11.8 Å². The van der Waals surface area contributed by atoms with Crippen LogP contribution < -0.4 is 4.74 Å². The van der Waals surface area contributed by atoms with Gasteiger partial charge in [0.1, 0.15) is 5.75 Å². The molecule has 25 heavy (non-hydrogen) atoms. The van der Waals surface area contributed by atoms with E-state index in [1.54, 1.807) is 24.3 Å². The number of fused-ring (bicyclic) bond motifs is 1. The molecule has 1 aliphatic heterocycles. The highest BCUT2D eigenvalue weighted by Crippen LogP contribution is 2.26. The predicted octanol–water partition coefficient (Wildman–Crippen LogP) is 3.09. The standard InChI is InChI=1S/C18H14ClNO5/c1-10-7-12(8-11(2)16(10)19)24-9-15(21)25-20-17(22)13-5-3-4-6-14(13)18(20)23/h3-8H,9H2,1-2H3. The molecular weight excluding hydrogens is 346 g/mol. The van der Waals surface area contributed by atoms with Crippen molar-refractivity contribution < 1.29 is 24.0 Å². The van der Waals surface area contributed by atoms with Crippen molar-refractivity contribution in [2.24, 2.45) is 0 Å². The van der Waals surface area contributed by atoms with Crippen molar-refractivity contribution in [1.82, 2.24) is 5.06 Å². The minimum atomic E-state index is -0.861. The summed E-state index contributed by atoms with van der Waals surface area (Å²) in [5.74, 6) is -1.77. The van der Waals surface area contributed by atoms with Crippen molar-refractivity contribution in [1.29, 1.82) is 0 Å². The molecule has 0 bridgehead atoms. The zero-order chi connectivity index (χ0) is 18.1. The van der Waals surface area contributed by atoms with Gasteiger partial charge in [0.15, 0.2) is 6.61 Å². The van der Waals surface area contributed by atoms with E-state index >= 15 is 0 Å². The van der Waals surface area contributed by atoms with E-state index in [-0.39, 0.29) is 11.1 Å². The Labute approximate surface area is 148 Å². The molecule has 0 aliphatic carbocycles. The summed E-state index contributed by atoms with van der Waals surface area (Å²) in [6.45, 7) is 3.19. The van der Waals surface area contributed by atoms with Gasteiger partial charge in [-0.1, -0.05) is 28.8 Å². The molecule has 2 aromatic rings. The quantitative estimate of drug-likeness (QED) is 0.784. The Kier molecular flexibility index (Phi) is 4.46. The lowest BCUT2D eigenvalue weighted by Crippen LogP contribution is -2.34. The number of halogens is 1. The molecule has 1 aliphatic rings. The fourth-order valence-corrected chi connectivity index (χ4v) is 2.62. The summed E-state index contributed by atoms with van der Waals surface area (Å²) in [7, 11) is 0. The van der Waals surface area contributed by atoms with Crippen molar-refractivity contribution in [2.75, 3.05) is 6.61 Å². The second-order valence-corrected chi connectivity index (χ2v) is 5.95. The molecule has 0 N–H and O–H groups in total. The van der Waals surface area contributed by atoms with Crippen molar-refractivity contribution >= 4 is 29.4 Å². The summed E-state index contributed by atoms with van der Waals surface area (Å²) in [6.07, 6.45) is 0.